The van der Waals surface area contributed by atoms with Crippen LogP contribution < -0.4 is 4.74 Å². The second-order valence-electron chi connectivity index (χ2n) is 6.27. The quantitative estimate of drug-likeness (QED) is 0.378. The van der Waals surface area contributed by atoms with Gasteiger partial charge < -0.3 is 9.47 Å². The third-order valence-corrected chi connectivity index (χ3v) is 4.96. The zero-order valence-corrected chi connectivity index (χ0v) is 16.7. The van der Waals surface area contributed by atoms with Gasteiger partial charge in [-0.3, -0.25) is 0 Å². The maximum Gasteiger partial charge on any atom is 0.363 e. The van der Waals surface area contributed by atoms with Crippen LogP contribution in [0, 0.1) is 0 Å². The number of aliphatic imine (C=N–C) groups is 1. The van der Waals surface area contributed by atoms with Crippen LogP contribution in [0.2, 0.25) is 10.0 Å². The van der Waals surface area contributed by atoms with Gasteiger partial charge in [0.05, 0.1) is 10.6 Å². The minimum atomic E-state index is -0.515. The molecule has 4 nitrogen and oxygen atoms in total. The van der Waals surface area contributed by atoms with Gasteiger partial charge in [0.15, 0.2) is 5.70 Å². The van der Waals surface area contributed by atoms with Crippen LogP contribution in [-0.2, 0) is 16.1 Å². The van der Waals surface area contributed by atoms with Gasteiger partial charge in [0.25, 0.3) is 0 Å². The van der Waals surface area contributed by atoms with E-state index in [4.69, 9.17) is 32.7 Å². The molecule has 1 aliphatic rings. The van der Waals surface area contributed by atoms with E-state index in [0.717, 1.165) is 11.1 Å². The summed E-state index contributed by atoms with van der Waals surface area (Å²) in [5.74, 6) is 0.381. The summed E-state index contributed by atoms with van der Waals surface area (Å²) in [5, 5.41) is 1.14. The van der Waals surface area contributed by atoms with Crippen LogP contribution in [-0.4, -0.2) is 11.9 Å². The summed E-state index contributed by atoms with van der Waals surface area (Å²) in [6, 6.07) is 21.9. The Balaban J connectivity index is 1.48. The lowest BCUT2D eigenvalue weighted by Gasteiger charge is -2.07. The first-order valence-corrected chi connectivity index (χ1v) is 9.59. The van der Waals surface area contributed by atoms with E-state index in [1.807, 2.05) is 48.5 Å². The Bertz CT molecular complexity index is 1120. The molecule has 3 aromatic rings. The van der Waals surface area contributed by atoms with Crippen LogP contribution >= 0.6 is 23.2 Å². The standard InChI is InChI=1S/C23H15Cl2NO3/c24-19-7-3-1-5-16(19)14-28-17-11-9-15(10-12-17)13-21-23(27)29-22(26-21)18-6-2-4-8-20(18)25/h1-13H,14H2. The van der Waals surface area contributed by atoms with E-state index in [0.29, 0.717) is 28.0 Å². The SMILES string of the molecule is O=C1OC(c2ccccc2Cl)=NC1=Cc1ccc(OCc2ccccc2Cl)cc1. The average Bonchev–Trinajstić information content (AvgIpc) is 3.09. The Labute approximate surface area is 178 Å². The Morgan fingerprint density at radius 2 is 1.59 bits per heavy atom. The van der Waals surface area contributed by atoms with E-state index < -0.39 is 5.97 Å². The lowest BCUT2D eigenvalue weighted by molar-refractivity contribution is -0.129. The summed E-state index contributed by atoms with van der Waals surface area (Å²) in [4.78, 5) is 16.4. The number of cyclic esters (lactones) is 1. The van der Waals surface area contributed by atoms with Crippen LogP contribution in [0.5, 0.6) is 5.75 Å². The Kier molecular flexibility index (Phi) is 5.65. The summed E-state index contributed by atoms with van der Waals surface area (Å²) in [5.41, 5.74) is 2.50. The molecule has 1 heterocycles. The molecule has 0 saturated heterocycles. The maximum absolute atomic E-state index is 12.1. The van der Waals surface area contributed by atoms with E-state index in [1.54, 1.807) is 30.3 Å². The molecule has 0 atom stereocenters. The number of nitrogens with zero attached hydrogens (tertiary/aromatic N) is 1. The van der Waals surface area contributed by atoms with Gasteiger partial charge >= 0.3 is 5.97 Å². The van der Waals surface area contributed by atoms with Gasteiger partial charge in [-0.05, 0) is 42.0 Å². The third-order valence-electron chi connectivity index (χ3n) is 4.26. The van der Waals surface area contributed by atoms with Gasteiger partial charge in [-0.2, -0.15) is 0 Å². The molecular weight excluding hydrogens is 409 g/mol. The highest BCUT2D eigenvalue weighted by Gasteiger charge is 2.25. The van der Waals surface area contributed by atoms with Crippen molar-refractivity contribution in [3.63, 3.8) is 0 Å². The summed E-state index contributed by atoms with van der Waals surface area (Å²) in [7, 11) is 0. The van der Waals surface area contributed by atoms with Gasteiger partial charge in [-0.25, -0.2) is 9.79 Å². The molecule has 1 aliphatic heterocycles. The minimum absolute atomic E-state index is 0.201. The van der Waals surface area contributed by atoms with E-state index >= 15 is 0 Å². The van der Waals surface area contributed by atoms with Crippen molar-refractivity contribution in [1.82, 2.24) is 0 Å². The Hall–Kier alpha value is -3.08. The molecule has 0 unspecified atom stereocenters. The second kappa shape index (κ2) is 8.52. The van der Waals surface area contributed by atoms with E-state index in [1.165, 1.54) is 0 Å². The van der Waals surface area contributed by atoms with Gasteiger partial charge in [0.2, 0.25) is 5.90 Å². The fourth-order valence-corrected chi connectivity index (χ4v) is 3.16. The lowest BCUT2D eigenvalue weighted by atomic mass is 10.2. The van der Waals surface area contributed by atoms with Crippen molar-refractivity contribution in [3.8, 4) is 5.75 Å². The largest absolute Gasteiger partial charge is 0.489 e. The predicted molar refractivity (Wildman–Crippen MR) is 114 cm³/mol. The van der Waals surface area contributed by atoms with Gasteiger partial charge in [0.1, 0.15) is 12.4 Å². The first-order chi connectivity index (χ1) is 14.1. The molecule has 6 heteroatoms. The monoisotopic (exact) mass is 423 g/mol. The van der Waals surface area contributed by atoms with E-state index in [9.17, 15) is 4.79 Å². The highest BCUT2D eigenvalue weighted by atomic mass is 35.5. The summed E-state index contributed by atoms with van der Waals surface area (Å²) in [6.45, 7) is 0.373. The molecule has 4 rings (SSSR count). The number of carbonyl (C=O) groups is 1. The molecule has 0 amide bonds. The molecule has 0 bridgehead atoms. The number of carbonyl (C=O) groups excluding carboxylic acids is 1. The van der Waals surface area contributed by atoms with Crippen molar-refractivity contribution in [1.29, 1.82) is 0 Å². The van der Waals surface area contributed by atoms with Crippen molar-refractivity contribution < 1.29 is 14.3 Å². The fraction of sp³-hybridized carbons (Fsp3) is 0.0435. The number of hydrogen-bond donors (Lipinski definition) is 0. The Morgan fingerprint density at radius 3 is 2.31 bits per heavy atom. The Morgan fingerprint density at radius 1 is 0.897 bits per heavy atom. The van der Waals surface area contributed by atoms with Gasteiger partial charge in [-0.15, -0.1) is 0 Å². The number of esters is 1. The molecule has 29 heavy (non-hydrogen) atoms. The summed E-state index contributed by atoms with van der Waals surface area (Å²) in [6.07, 6.45) is 1.66. The molecule has 0 spiro atoms. The van der Waals surface area contributed by atoms with Crippen molar-refractivity contribution in [3.05, 3.63) is 105 Å². The van der Waals surface area contributed by atoms with Crippen molar-refractivity contribution in [2.45, 2.75) is 6.61 Å². The number of ether oxygens (including phenoxy) is 2. The molecule has 3 aromatic carbocycles. The van der Waals surface area contributed by atoms with Crippen molar-refractivity contribution >= 4 is 41.1 Å². The number of hydrogen-bond acceptors (Lipinski definition) is 4. The van der Waals surface area contributed by atoms with Crippen molar-refractivity contribution in [2.24, 2.45) is 4.99 Å². The molecule has 144 valence electrons. The molecule has 0 N–H and O–H groups in total. The zero-order chi connectivity index (χ0) is 20.2. The normalized spacial score (nSPS) is 14.6. The maximum atomic E-state index is 12.1. The number of benzene rings is 3. The highest BCUT2D eigenvalue weighted by molar-refractivity contribution is 6.34. The number of rotatable bonds is 5. The van der Waals surface area contributed by atoms with E-state index in [2.05, 4.69) is 4.99 Å². The molecule has 0 radical (unpaired) electrons. The van der Waals surface area contributed by atoms with Crippen LogP contribution in [0.15, 0.2) is 83.5 Å². The smallest absolute Gasteiger partial charge is 0.363 e. The fourth-order valence-electron chi connectivity index (χ4n) is 2.75. The van der Waals surface area contributed by atoms with Crippen LogP contribution in [0.4, 0.5) is 0 Å². The molecule has 0 aromatic heterocycles. The topological polar surface area (TPSA) is 47.9 Å². The van der Waals surface area contributed by atoms with Crippen LogP contribution in [0.25, 0.3) is 6.08 Å². The predicted octanol–water partition coefficient (Wildman–Crippen LogP) is 5.92. The van der Waals surface area contributed by atoms with Crippen LogP contribution in [0.1, 0.15) is 16.7 Å². The average molecular weight is 424 g/mol. The highest BCUT2D eigenvalue weighted by Crippen LogP contribution is 2.24. The lowest BCUT2D eigenvalue weighted by Crippen LogP contribution is -2.05. The van der Waals surface area contributed by atoms with Gasteiger partial charge in [-0.1, -0.05) is 65.7 Å². The summed E-state index contributed by atoms with van der Waals surface area (Å²) >= 11 is 12.3. The first-order valence-electron chi connectivity index (χ1n) is 8.84. The second-order valence-corrected chi connectivity index (χ2v) is 7.08. The zero-order valence-electron chi connectivity index (χ0n) is 15.1. The first kappa shape index (κ1) is 19.2. The molecule has 0 fully saturated rings. The minimum Gasteiger partial charge on any atom is -0.489 e. The molecule has 0 aliphatic carbocycles. The number of halogens is 2. The van der Waals surface area contributed by atoms with Crippen molar-refractivity contribution in [2.75, 3.05) is 0 Å². The van der Waals surface area contributed by atoms with E-state index in [-0.39, 0.29) is 11.6 Å². The molecular formula is C23H15Cl2NO3. The third kappa shape index (κ3) is 4.50. The molecule has 0 saturated carbocycles. The van der Waals surface area contributed by atoms with Crippen LogP contribution in [0.3, 0.4) is 0 Å². The summed E-state index contributed by atoms with van der Waals surface area (Å²) < 4.78 is 11.0. The van der Waals surface area contributed by atoms with Gasteiger partial charge in [0, 0.05) is 10.6 Å².